The van der Waals surface area contributed by atoms with Crippen LogP contribution in [0.5, 0.6) is 0 Å². The first-order valence-corrected chi connectivity index (χ1v) is 4.46. The molecule has 58 valence electrons. The highest BCUT2D eigenvalue weighted by molar-refractivity contribution is 7.95. The first-order chi connectivity index (χ1) is 5.08. The molecule has 0 unspecified atom stereocenters. The fraction of sp³-hybridized carbons (Fsp3) is 0.333. The summed E-state index contributed by atoms with van der Waals surface area (Å²) in [4.78, 5) is -0.470. The Morgan fingerprint density at radius 1 is 1.55 bits per heavy atom. The highest BCUT2D eigenvalue weighted by Gasteiger charge is 2.13. The Morgan fingerprint density at radius 3 is 2.36 bits per heavy atom. The van der Waals surface area contributed by atoms with E-state index in [1.54, 1.807) is 0 Å². The third-order valence-electron chi connectivity index (χ3n) is 1.02. The van der Waals surface area contributed by atoms with E-state index in [4.69, 9.17) is 10.5 Å². The molecule has 5 heteroatoms. The van der Waals surface area contributed by atoms with Crippen LogP contribution in [-0.2, 0) is 9.84 Å². The van der Waals surface area contributed by atoms with Gasteiger partial charge in [-0.1, -0.05) is 6.92 Å². The average Bonchev–Trinajstić information content (AvgIpc) is 2.00. The van der Waals surface area contributed by atoms with Gasteiger partial charge in [0.15, 0.2) is 14.7 Å². The van der Waals surface area contributed by atoms with E-state index in [2.05, 4.69) is 0 Å². The van der Waals surface area contributed by atoms with Crippen molar-refractivity contribution in [2.45, 2.75) is 6.92 Å². The monoisotopic (exact) mass is 170 g/mol. The van der Waals surface area contributed by atoms with E-state index < -0.39 is 14.7 Å². The largest absolute Gasteiger partial charge is 0.223 e. The van der Waals surface area contributed by atoms with Gasteiger partial charge < -0.3 is 0 Å². The molecule has 0 bridgehead atoms. The minimum Gasteiger partial charge on any atom is -0.223 e. The number of nitriles is 2. The highest BCUT2D eigenvalue weighted by atomic mass is 32.2. The van der Waals surface area contributed by atoms with Crippen molar-refractivity contribution < 1.29 is 8.42 Å². The summed E-state index contributed by atoms with van der Waals surface area (Å²) in [6.07, 6.45) is 0.735. The van der Waals surface area contributed by atoms with E-state index in [1.807, 2.05) is 0 Å². The Kier molecular flexibility index (Phi) is 3.29. The van der Waals surface area contributed by atoms with Gasteiger partial charge in [-0.25, -0.2) is 8.42 Å². The maximum Gasteiger partial charge on any atom is 0.188 e. The Hall–Kier alpha value is -1.33. The SMILES string of the molecule is CCS(=O)(=O)/C(C#N)=C\C#N. The second-order valence-electron chi connectivity index (χ2n) is 1.65. The van der Waals surface area contributed by atoms with Crippen LogP contribution in [0.2, 0.25) is 0 Å². The van der Waals surface area contributed by atoms with Gasteiger partial charge in [0.25, 0.3) is 0 Å². The fourth-order valence-electron chi connectivity index (χ4n) is 0.406. The quantitative estimate of drug-likeness (QED) is 0.560. The summed E-state index contributed by atoms with van der Waals surface area (Å²) >= 11 is 0. The second kappa shape index (κ2) is 3.75. The van der Waals surface area contributed by atoms with Crippen molar-refractivity contribution >= 4 is 9.84 Å². The van der Waals surface area contributed by atoms with Crippen LogP contribution in [0.25, 0.3) is 0 Å². The zero-order valence-electron chi connectivity index (χ0n) is 5.90. The van der Waals surface area contributed by atoms with Gasteiger partial charge in [0.2, 0.25) is 0 Å². The molecule has 0 aromatic heterocycles. The first kappa shape index (κ1) is 9.67. The summed E-state index contributed by atoms with van der Waals surface area (Å²) in [6, 6.07) is 2.94. The van der Waals surface area contributed by atoms with Crippen molar-refractivity contribution in [3.8, 4) is 12.1 Å². The first-order valence-electron chi connectivity index (χ1n) is 2.81. The van der Waals surface area contributed by atoms with Crippen LogP contribution in [-0.4, -0.2) is 14.2 Å². The Bertz CT molecular complexity index is 340. The van der Waals surface area contributed by atoms with Gasteiger partial charge in [0, 0.05) is 6.08 Å². The van der Waals surface area contributed by atoms with Gasteiger partial charge in [-0.05, 0) is 0 Å². The molecule has 0 heterocycles. The summed E-state index contributed by atoms with van der Waals surface area (Å²) in [5.74, 6) is -0.159. The molecule has 0 atom stereocenters. The molecule has 0 spiro atoms. The van der Waals surface area contributed by atoms with Crippen LogP contribution in [0.4, 0.5) is 0 Å². The standard InChI is InChI=1S/C6H6N2O2S/c1-2-11(9,10)6(5-8)3-4-7/h3H,2H2,1H3/b6-3-. The number of hydrogen-bond acceptors (Lipinski definition) is 4. The predicted molar refractivity (Wildman–Crippen MR) is 38.8 cm³/mol. The predicted octanol–water partition coefficient (Wildman–Crippen LogP) is 0.352. The van der Waals surface area contributed by atoms with Crippen LogP contribution in [0, 0.1) is 22.7 Å². The molecule has 4 nitrogen and oxygen atoms in total. The molecule has 0 rings (SSSR count). The summed E-state index contributed by atoms with van der Waals surface area (Å²) in [6.45, 7) is 1.41. The molecule has 0 aromatic carbocycles. The molecule has 0 fully saturated rings. The molecule has 0 saturated heterocycles. The molecule has 0 aliphatic heterocycles. The van der Waals surface area contributed by atoms with Crippen molar-refractivity contribution in [1.29, 1.82) is 10.5 Å². The molecule has 0 aliphatic carbocycles. The van der Waals surface area contributed by atoms with Crippen molar-refractivity contribution in [2.24, 2.45) is 0 Å². The van der Waals surface area contributed by atoms with Crippen molar-refractivity contribution in [3.05, 3.63) is 11.0 Å². The number of hydrogen-bond donors (Lipinski definition) is 0. The molecular formula is C6H6N2O2S. The average molecular weight is 170 g/mol. The van der Waals surface area contributed by atoms with Crippen LogP contribution in [0.3, 0.4) is 0 Å². The fourth-order valence-corrected chi connectivity index (χ4v) is 1.09. The van der Waals surface area contributed by atoms with E-state index in [-0.39, 0.29) is 5.75 Å². The smallest absolute Gasteiger partial charge is 0.188 e. The van der Waals surface area contributed by atoms with Crippen LogP contribution in [0.15, 0.2) is 11.0 Å². The van der Waals surface area contributed by atoms with Gasteiger partial charge in [-0.3, -0.25) is 0 Å². The summed E-state index contributed by atoms with van der Waals surface area (Å²) in [7, 11) is -3.49. The summed E-state index contributed by atoms with van der Waals surface area (Å²) in [5.41, 5.74) is 0. The Labute approximate surface area is 65.3 Å². The third-order valence-corrected chi connectivity index (χ3v) is 2.66. The van der Waals surface area contributed by atoms with Crippen molar-refractivity contribution in [3.63, 3.8) is 0 Å². The zero-order chi connectivity index (χ0) is 8.91. The maximum atomic E-state index is 10.9. The van der Waals surface area contributed by atoms with Gasteiger partial charge in [0.05, 0.1) is 11.8 Å². The lowest BCUT2D eigenvalue weighted by atomic mass is 10.5. The normalized spacial score (nSPS) is 11.7. The lowest BCUT2D eigenvalue weighted by molar-refractivity contribution is 0.604. The topological polar surface area (TPSA) is 81.7 Å². The van der Waals surface area contributed by atoms with E-state index in [1.165, 1.54) is 19.1 Å². The molecule has 11 heavy (non-hydrogen) atoms. The van der Waals surface area contributed by atoms with Crippen LogP contribution in [0.1, 0.15) is 6.92 Å². The van der Waals surface area contributed by atoms with E-state index in [0.29, 0.717) is 0 Å². The van der Waals surface area contributed by atoms with Crippen molar-refractivity contribution in [1.82, 2.24) is 0 Å². The van der Waals surface area contributed by atoms with E-state index in [0.717, 1.165) is 6.08 Å². The highest BCUT2D eigenvalue weighted by Crippen LogP contribution is 2.04. The van der Waals surface area contributed by atoms with E-state index in [9.17, 15) is 8.42 Å². The minimum absolute atomic E-state index is 0.159. The Morgan fingerprint density at radius 2 is 2.09 bits per heavy atom. The lowest BCUT2D eigenvalue weighted by Gasteiger charge is -1.93. The van der Waals surface area contributed by atoms with Gasteiger partial charge in [0.1, 0.15) is 6.07 Å². The third kappa shape index (κ3) is 2.40. The van der Waals surface area contributed by atoms with Crippen LogP contribution >= 0.6 is 0 Å². The number of nitrogens with zero attached hydrogens (tertiary/aromatic N) is 2. The van der Waals surface area contributed by atoms with E-state index >= 15 is 0 Å². The number of sulfone groups is 1. The van der Waals surface area contributed by atoms with Crippen molar-refractivity contribution in [2.75, 3.05) is 5.75 Å². The van der Waals surface area contributed by atoms with Crippen LogP contribution < -0.4 is 0 Å². The number of allylic oxidation sites excluding steroid dienone is 2. The van der Waals surface area contributed by atoms with Gasteiger partial charge in [-0.15, -0.1) is 0 Å². The molecule has 0 N–H and O–H groups in total. The molecule has 0 aliphatic rings. The summed E-state index contributed by atoms with van der Waals surface area (Å²) < 4.78 is 21.8. The Balaban J connectivity index is 5.06. The molecule has 0 aromatic rings. The number of rotatable bonds is 2. The zero-order valence-corrected chi connectivity index (χ0v) is 6.72. The van der Waals surface area contributed by atoms with Gasteiger partial charge in [-0.2, -0.15) is 10.5 Å². The minimum atomic E-state index is -3.49. The lowest BCUT2D eigenvalue weighted by Crippen LogP contribution is -2.04. The molecule has 0 radical (unpaired) electrons. The molecule has 0 amide bonds. The second-order valence-corrected chi connectivity index (χ2v) is 3.90. The summed E-state index contributed by atoms with van der Waals surface area (Å²) in [5, 5.41) is 16.4. The molecular weight excluding hydrogens is 164 g/mol. The van der Waals surface area contributed by atoms with Gasteiger partial charge >= 0.3 is 0 Å². The maximum absolute atomic E-state index is 10.9. The molecule has 0 saturated carbocycles.